The summed E-state index contributed by atoms with van der Waals surface area (Å²) in [6.07, 6.45) is 1.52. The molecule has 1 amide bonds. The molecule has 0 unspecified atom stereocenters. The van der Waals surface area contributed by atoms with Crippen molar-refractivity contribution in [3.8, 4) is 0 Å². The summed E-state index contributed by atoms with van der Waals surface area (Å²) in [5.74, 6) is -0.362. The van der Waals surface area contributed by atoms with Gasteiger partial charge in [0.2, 0.25) is 5.91 Å². The first kappa shape index (κ1) is 25.6. The molecule has 0 fully saturated rings. The number of aromatic amines is 1. The molecule has 0 aliphatic heterocycles. The van der Waals surface area contributed by atoms with Crippen molar-refractivity contribution in [1.82, 2.24) is 9.55 Å². The zero-order valence-electron chi connectivity index (χ0n) is 19.1. The highest BCUT2D eigenvalue weighted by Gasteiger charge is 2.20. The van der Waals surface area contributed by atoms with Crippen LogP contribution in [0.5, 0.6) is 0 Å². The first-order chi connectivity index (χ1) is 15.7. The average molecular weight is 463 g/mol. The maximum atomic E-state index is 12.6. The van der Waals surface area contributed by atoms with Gasteiger partial charge in [0.05, 0.1) is 17.2 Å². The topological polar surface area (TPSA) is 166 Å². The van der Waals surface area contributed by atoms with Crippen LogP contribution in [0.3, 0.4) is 0 Å². The van der Waals surface area contributed by atoms with E-state index in [2.05, 4.69) is 10.3 Å². The Hall–Kier alpha value is -3.67. The van der Waals surface area contributed by atoms with Crippen molar-refractivity contribution in [2.75, 3.05) is 42.8 Å². The number of amides is 1. The molecule has 180 valence electrons. The van der Waals surface area contributed by atoms with E-state index in [9.17, 15) is 24.5 Å². The maximum absolute atomic E-state index is 12.6. The molecule has 0 aliphatic rings. The van der Waals surface area contributed by atoms with E-state index < -0.39 is 22.1 Å². The number of aryl methyl sites for hydroxylation is 1. The van der Waals surface area contributed by atoms with E-state index in [0.29, 0.717) is 24.2 Å². The van der Waals surface area contributed by atoms with Crippen molar-refractivity contribution < 1.29 is 14.5 Å². The number of aromatic nitrogens is 2. The molecule has 33 heavy (non-hydrogen) atoms. The van der Waals surface area contributed by atoms with Gasteiger partial charge < -0.3 is 20.7 Å². The molecule has 1 aromatic carbocycles. The van der Waals surface area contributed by atoms with Crippen molar-refractivity contribution in [2.45, 2.75) is 39.7 Å². The number of carbonyl (C=O) groups is 1. The SMILES string of the molecule is CCCCn1c(N)c(N(CCOC)CCC(=O)Nc2cc([N+](=O)[O-])ccc2C)c(=O)[nH]c1=O. The highest BCUT2D eigenvalue weighted by Crippen LogP contribution is 2.22. The Morgan fingerprint density at radius 1 is 1.33 bits per heavy atom. The Morgan fingerprint density at radius 3 is 2.70 bits per heavy atom. The molecule has 0 radical (unpaired) electrons. The van der Waals surface area contributed by atoms with Gasteiger partial charge in [-0.25, -0.2) is 4.79 Å². The molecular formula is C21H30N6O6. The minimum absolute atomic E-state index is 0.0290. The Kier molecular flexibility index (Phi) is 9.16. The monoisotopic (exact) mass is 462 g/mol. The van der Waals surface area contributed by atoms with E-state index in [0.717, 1.165) is 6.42 Å². The number of nitrogens with two attached hydrogens (primary N) is 1. The number of carbonyl (C=O) groups excluding carboxylic acids is 1. The summed E-state index contributed by atoms with van der Waals surface area (Å²) in [4.78, 5) is 51.7. The fourth-order valence-corrected chi connectivity index (χ4v) is 3.27. The third kappa shape index (κ3) is 6.65. The molecule has 0 bridgehead atoms. The minimum Gasteiger partial charge on any atom is -0.383 e. The van der Waals surface area contributed by atoms with Crippen LogP contribution in [0.15, 0.2) is 27.8 Å². The van der Waals surface area contributed by atoms with Gasteiger partial charge in [0.1, 0.15) is 11.5 Å². The molecular weight excluding hydrogens is 432 g/mol. The maximum Gasteiger partial charge on any atom is 0.330 e. The summed E-state index contributed by atoms with van der Waals surface area (Å²) in [5.41, 5.74) is 5.94. The van der Waals surface area contributed by atoms with Gasteiger partial charge in [0.15, 0.2) is 0 Å². The minimum atomic E-state index is -0.642. The first-order valence-corrected chi connectivity index (χ1v) is 10.6. The number of methoxy groups -OCH3 is 1. The molecule has 0 spiro atoms. The number of nitro benzene ring substituents is 1. The van der Waals surface area contributed by atoms with Gasteiger partial charge in [-0.2, -0.15) is 0 Å². The number of anilines is 3. The molecule has 1 aromatic heterocycles. The number of hydrogen-bond donors (Lipinski definition) is 3. The van der Waals surface area contributed by atoms with E-state index in [1.54, 1.807) is 17.9 Å². The molecule has 12 heteroatoms. The number of non-ortho nitro benzene ring substituents is 1. The van der Waals surface area contributed by atoms with Crippen LogP contribution < -0.4 is 27.2 Å². The third-order valence-electron chi connectivity index (χ3n) is 5.15. The number of nitrogens with one attached hydrogen (secondary N) is 2. The van der Waals surface area contributed by atoms with Gasteiger partial charge in [-0.1, -0.05) is 19.4 Å². The molecule has 1 heterocycles. The summed E-state index contributed by atoms with van der Waals surface area (Å²) >= 11 is 0. The summed E-state index contributed by atoms with van der Waals surface area (Å²) in [5, 5.41) is 13.7. The number of H-pyrrole nitrogens is 1. The second kappa shape index (κ2) is 11.8. The van der Waals surface area contributed by atoms with Crippen molar-refractivity contribution in [2.24, 2.45) is 0 Å². The molecule has 2 aromatic rings. The predicted octanol–water partition coefficient (Wildman–Crippen LogP) is 1.62. The van der Waals surface area contributed by atoms with E-state index >= 15 is 0 Å². The smallest absolute Gasteiger partial charge is 0.330 e. The lowest BCUT2D eigenvalue weighted by Crippen LogP contribution is -2.40. The number of ether oxygens (including phenoxy) is 1. The van der Waals surface area contributed by atoms with E-state index in [-0.39, 0.29) is 43.3 Å². The lowest BCUT2D eigenvalue weighted by Gasteiger charge is -2.26. The fraction of sp³-hybridized carbons (Fsp3) is 0.476. The molecule has 0 aliphatic carbocycles. The molecule has 12 nitrogen and oxygen atoms in total. The van der Waals surface area contributed by atoms with Crippen LogP contribution in [0, 0.1) is 17.0 Å². The molecule has 0 saturated carbocycles. The van der Waals surface area contributed by atoms with Gasteiger partial charge in [-0.15, -0.1) is 0 Å². The van der Waals surface area contributed by atoms with Crippen LogP contribution in [0.25, 0.3) is 0 Å². The van der Waals surface area contributed by atoms with Crippen LogP contribution in [-0.2, 0) is 16.1 Å². The van der Waals surface area contributed by atoms with Crippen molar-refractivity contribution >= 4 is 28.8 Å². The number of unbranched alkanes of at least 4 members (excludes halogenated alkanes) is 1. The van der Waals surface area contributed by atoms with E-state index in [1.807, 2.05) is 6.92 Å². The molecule has 0 atom stereocenters. The number of nitro groups is 1. The number of hydrogen-bond acceptors (Lipinski definition) is 8. The average Bonchev–Trinajstić information content (AvgIpc) is 2.76. The quantitative estimate of drug-likeness (QED) is 0.316. The zero-order chi connectivity index (χ0) is 24.5. The highest BCUT2D eigenvalue weighted by molar-refractivity contribution is 5.92. The number of nitrogen functional groups attached to an aromatic ring is 1. The standard InChI is InChI=1S/C21H30N6O6/c1-4-5-9-26-19(22)18(20(29)24-21(26)30)25(11-12-33-3)10-8-17(28)23-16-13-15(27(31)32)7-6-14(16)2/h6-7,13H,4-5,8-12,22H2,1-3H3,(H,23,28)(H,24,29,30). The number of rotatable bonds is 12. The number of nitrogens with zero attached hydrogens (tertiary/aromatic N) is 3. The van der Waals surface area contributed by atoms with Crippen LogP contribution in [0.1, 0.15) is 31.7 Å². The summed E-state index contributed by atoms with van der Waals surface area (Å²) in [7, 11) is 1.51. The Bertz CT molecular complexity index is 1110. The lowest BCUT2D eigenvalue weighted by atomic mass is 10.1. The predicted molar refractivity (Wildman–Crippen MR) is 126 cm³/mol. The van der Waals surface area contributed by atoms with Crippen LogP contribution in [0.2, 0.25) is 0 Å². The van der Waals surface area contributed by atoms with E-state index in [1.165, 1.54) is 23.8 Å². The normalized spacial score (nSPS) is 10.8. The summed E-state index contributed by atoms with van der Waals surface area (Å²) in [6, 6.07) is 4.21. The molecule has 0 saturated heterocycles. The molecule has 4 N–H and O–H groups in total. The molecule has 2 rings (SSSR count). The number of benzene rings is 1. The summed E-state index contributed by atoms with van der Waals surface area (Å²) < 4.78 is 6.43. The summed E-state index contributed by atoms with van der Waals surface area (Å²) in [6.45, 7) is 4.69. The highest BCUT2D eigenvalue weighted by atomic mass is 16.6. The Balaban J connectivity index is 2.25. The third-order valence-corrected chi connectivity index (χ3v) is 5.15. The van der Waals surface area contributed by atoms with Crippen molar-refractivity contribution in [3.63, 3.8) is 0 Å². The van der Waals surface area contributed by atoms with Crippen molar-refractivity contribution in [1.29, 1.82) is 0 Å². The van der Waals surface area contributed by atoms with Crippen LogP contribution in [-0.4, -0.2) is 47.2 Å². The fourth-order valence-electron chi connectivity index (χ4n) is 3.27. The largest absolute Gasteiger partial charge is 0.383 e. The van der Waals surface area contributed by atoms with Gasteiger partial charge in [0, 0.05) is 45.3 Å². The van der Waals surface area contributed by atoms with Crippen LogP contribution >= 0.6 is 0 Å². The zero-order valence-corrected chi connectivity index (χ0v) is 19.1. The Morgan fingerprint density at radius 2 is 2.06 bits per heavy atom. The van der Waals surface area contributed by atoms with Gasteiger partial charge in [0.25, 0.3) is 11.2 Å². The van der Waals surface area contributed by atoms with Crippen molar-refractivity contribution in [3.05, 3.63) is 54.7 Å². The Labute approximate surface area is 190 Å². The van der Waals surface area contributed by atoms with Gasteiger partial charge in [-0.3, -0.25) is 29.3 Å². The first-order valence-electron chi connectivity index (χ1n) is 10.6. The second-order valence-corrected chi connectivity index (χ2v) is 7.53. The van der Waals surface area contributed by atoms with Gasteiger partial charge >= 0.3 is 5.69 Å². The van der Waals surface area contributed by atoms with Gasteiger partial charge in [-0.05, 0) is 18.9 Å². The second-order valence-electron chi connectivity index (χ2n) is 7.53. The van der Waals surface area contributed by atoms with E-state index in [4.69, 9.17) is 10.5 Å². The lowest BCUT2D eigenvalue weighted by molar-refractivity contribution is -0.384. The van der Waals surface area contributed by atoms with Crippen LogP contribution in [0.4, 0.5) is 22.9 Å².